The topological polar surface area (TPSA) is 58.6 Å². The van der Waals surface area contributed by atoms with Crippen LogP contribution in [0.2, 0.25) is 0 Å². The summed E-state index contributed by atoms with van der Waals surface area (Å²) >= 11 is 0. The van der Waals surface area contributed by atoms with E-state index in [1.54, 1.807) is 17.0 Å². The number of hydrogen-bond acceptors (Lipinski definition) is 3. The first-order chi connectivity index (χ1) is 10.4. The summed E-state index contributed by atoms with van der Waals surface area (Å²) in [7, 11) is 1.54. The van der Waals surface area contributed by atoms with E-state index in [4.69, 9.17) is 4.74 Å². The summed E-state index contributed by atoms with van der Waals surface area (Å²) in [6, 6.07) is 5.67. The third-order valence-corrected chi connectivity index (χ3v) is 4.23. The number of benzene rings is 1. The number of hydrogen-bond donors (Lipinski definition) is 1. The molecule has 2 amide bonds. The quantitative estimate of drug-likeness (QED) is 0.855. The van der Waals surface area contributed by atoms with Crippen molar-refractivity contribution >= 4 is 17.5 Å². The fourth-order valence-electron chi connectivity index (χ4n) is 3.03. The van der Waals surface area contributed by atoms with E-state index in [9.17, 15) is 9.59 Å². The van der Waals surface area contributed by atoms with E-state index in [-0.39, 0.29) is 12.1 Å². The lowest BCUT2D eigenvalue weighted by Crippen LogP contribution is -2.51. The minimum absolute atomic E-state index is 0.0985. The van der Waals surface area contributed by atoms with E-state index in [0.717, 1.165) is 24.8 Å². The number of nitrogens with zero attached hydrogens (tertiary/aromatic N) is 1. The first-order valence-electron chi connectivity index (χ1n) is 7.72. The molecule has 2 atom stereocenters. The molecule has 1 aromatic rings. The van der Waals surface area contributed by atoms with Crippen molar-refractivity contribution in [1.29, 1.82) is 0 Å². The molecule has 0 radical (unpaired) electrons. The van der Waals surface area contributed by atoms with E-state index in [1.165, 1.54) is 7.11 Å². The summed E-state index contributed by atoms with van der Waals surface area (Å²) < 4.78 is 5.23. The number of nitrogens with one attached hydrogen (secondary N) is 1. The van der Waals surface area contributed by atoms with Gasteiger partial charge in [-0.1, -0.05) is 6.07 Å². The lowest BCUT2D eigenvalue weighted by Gasteiger charge is -2.38. The van der Waals surface area contributed by atoms with Crippen LogP contribution < -0.4 is 10.1 Å². The molecule has 1 aliphatic heterocycles. The van der Waals surface area contributed by atoms with Gasteiger partial charge in [0.05, 0.1) is 12.8 Å². The molecule has 22 heavy (non-hydrogen) atoms. The predicted octanol–water partition coefficient (Wildman–Crippen LogP) is 2.73. The zero-order valence-corrected chi connectivity index (χ0v) is 13.7. The highest BCUT2D eigenvalue weighted by Gasteiger charge is 2.33. The highest BCUT2D eigenvalue weighted by atomic mass is 16.5. The minimum Gasteiger partial charge on any atom is -0.495 e. The molecule has 120 valence electrons. The highest BCUT2D eigenvalue weighted by molar-refractivity contribution is 6.39. The summed E-state index contributed by atoms with van der Waals surface area (Å²) in [5.74, 6) is -0.528. The Balaban J connectivity index is 2.15. The van der Waals surface area contributed by atoms with Crippen molar-refractivity contribution < 1.29 is 14.3 Å². The molecule has 5 nitrogen and oxygen atoms in total. The summed E-state index contributed by atoms with van der Waals surface area (Å²) in [6.07, 6.45) is 2.98. The maximum Gasteiger partial charge on any atom is 0.314 e. The van der Waals surface area contributed by atoms with Crippen molar-refractivity contribution in [3.05, 3.63) is 23.8 Å². The van der Waals surface area contributed by atoms with Crippen LogP contribution in [0.5, 0.6) is 5.75 Å². The average Bonchev–Trinajstić information content (AvgIpc) is 2.47. The number of methoxy groups -OCH3 is 1. The number of carbonyl (C=O) groups excluding carboxylic acids is 2. The van der Waals surface area contributed by atoms with Crippen LogP contribution in [0, 0.1) is 6.92 Å². The SMILES string of the molecule is COc1ccc(C)cc1NC(=O)C(=O)N1C(C)CCCC1C. The van der Waals surface area contributed by atoms with Crippen molar-refractivity contribution in [2.24, 2.45) is 0 Å². The first kappa shape index (κ1) is 16.3. The number of likely N-dealkylation sites (tertiary alicyclic amines) is 1. The van der Waals surface area contributed by atoms with Gasteiger partial charge in [-0.2, -0.15) is 0 Å². The second-order valence-electron chi connectivity index (χ2n) is 6.00. The Labute approximate surface area is 131 Å². The van der Waals surface area contributed by atoms with Crippen molar-refractivity contribution in [3.63, 3.8) is 0 Å². The van der Waals surface area contributed by atoms with Crippen molar-refractivity contribution in [2.45, 2.75) is 52.1 Å². The van der Waals surface area contributed by atoms with Crippen molar-refractivity contribution in [3.8, 4) is 5.75 Å². The Morgan fingerprint density at radius 3 is 2.45 bits per heavy atom. The molecule has 0 aliphatic carbocycles. The number of amides is 2. The lowest BCUT2D eigenvalue weighted by molar-refractivity contribution is -0.147. The third kappa shape index (κ3) is 3.40. The van der Waals surface area contributed by atoms with Gasteiger partial charge in [0.25, 0.3) is 0 Å². The molecular weight excluding hydrogens is 280 g/mol. The third-order valence-electron chi connectivity index (χ3n) is 4.23. The van der Waals surface area contributed by atoms with Gasteiger partial charge in [0.15, 0.2) is 0 Å². The molecular formula is C17H24N2O3. The summed E-state index contributed by atoms with van der Waals surface area (Å²) in [5.41, 5.74) is 1.52. The van der Waals surface area contributed by atoms with Gasteiger partial charge in [-0.3, -0.25) is 9.59 Å². The van der Waals surface area contributed by atoms with Crippen LogP contribution in [0.15, 0.2) is 18.2 Å². The molecule has 1 saturated heterocycles. The molecule has 1 aromatic carbocycles. The number of piperidine rings is 1. The molecule has 1 N–H and O–H groups in total. The Kier molecular flexibility index (Phi) is 5.06. The Morgan fingerprint density at radius 2 is 1.86 bits per heavy atom. The van der Waals surface area contributed by atoms with Crippen LogP contribution >= 0.6 is 0 Å². The molecule has 2 rings (SSSR count). The zero-order valence-electron chi connectivity index (χ0n) is 13.7. The first-order valence-corrected chi connectivity index (χ1v) is 7.72. The second-order valence-corrected chi connectivity index (χ2v) is 6.00. The number of ether oxygens (including phenoxy) is 1. The molecule has 1 fully saturated rings. The molecule has 2 unspecified atom stereocenters. The number of carbonyl (C=O) groups is 2. The predicted molar refractivity (Wildman–Crippen MR) is 86.0 cm³/mol. The summed E-state index contributed by atoms with van der Waals surface area (Å²) in [4.78, 5) is 26.5. The van der Waals surface area contributed by atoms with Crippen LogP contribution in [0.1, 0.15) is 38.7 Å². The van der Waals surface area contributed by atoms with Crippen LogP contribution in [-0.2, 0) is 9.59 Å². The van der Waals surface area contributed by atoms with Crippen LogP contribution in [0.3, 0.4) is 0 Å². The Morgan fingerprint density at radius 1 is 1.23 bits per heavy atom. The van der Waals surface area contributed by atoms with Crippen molar-refractivity contribution in [1.82, 2.24) is 4.90 Å². The maximum atomic E-state index is 12.5. The normalized spacial score (nSPS) is 21.4. The van der Waals surface area contributed by atoms with E-state index in [1.807, 2.05) is 26.8 Å². The van der Waals surface area contributed by atoms with Crippen LogP contribution in [0.4, 0.5) is 5.69 Å². The Bertz CT molecular complexity index is 561. The van der Waals surface area contributed by atoms with Gasteiger partial charge in [-0.15, -0.1) is 0 Å². The molecule has 0 spiro atoms. The highest BCUT2D eigenvalue weighted by Crippen LogP contribution is 2.26. The van der Waals surface area contributed by atoms with Crippen LogP contribution in [0.25, 0.3) is 0 Å². The van der Waals surface area contributed by atoms with Crippen molar-refractivity contribution in [2.75, 3.05) is 12.4 Å². The van der Waals surface area contributed by atoms with Gasteiger partial charge >= 0.3 is 11.8 Å². The average molecular weight is 304 g/mol. The zero-order chi connectivity index (χ0) is 16.3. The van der Waals surface area contributed by atoms with E-state index < -0.39 is 11.8 Å². The van der Waals surface area contributed by atoms with Gasteiger partial charge in [0.1, 0.15) is 5.75 Å². The van der Waals surface area contributed by atoms with Gasteiger partial charge in [-0.25, -0.2) is 0 Å². The van der Waals surface area contributed by atoms with Crippen LogP contribution in [-0.4, -0.2) is 35.9 Å². The Hall–Kier alpha value is -2.04. The number of rotatable bonds is 2. The fourth-order valence-corrected chi connectivity index (χ4v) is 3.03. The summed E-state index contributed by atoms with van der Waals surface area (Å²) in [6.45, 7) is 5.91. The lowest BCUT2D eigenvalue weighted by atomic mass is 9.97. The van der Waals surface area contributed by atoms with Gasteiger partial charge in [-0.05, 0) is 57.7 Å². The number of aryl methyl sites for hydroxylation is 1. The van der Waals surface area contributed by atoms with Gasteiger partial charge < -0.3 is 15.0 Å². The standard InChI is InChI=1S/C17H24N2O3/c1-11-8-9-15(22-4)14(10-11)18-16(20)17(21)19-12(2)6-5-7-13(19)3/h8-10,12-13H,5-7H2,1-4H3,(H,18,20). The molecule has 1 aliphatic rings. The summed E-state index contributed by atoms with van der Waals surface area (Å²) in [5, 5.41) is 2.69. The molecule has 0 bridgehead atoms. The van der Waals surface area contributed by atoms with E-state index >= 15 is 0 Å². The second kappa shape index (κ2) is 6.81. The molecule has 5 heteroatoms. The fraction of sp³-hybridized carbons (Fsp3) is 0.529. The van der Waals surface area contributed by atoms with Gasteiger partial charge in [0, 0.05) is 12.1 Å². The molecule has 0 aromatic heterocycles. The maximum absolute atomic E-state index is 12.5. The van der Waals surface area contributed by atoms with E-state index in [0.29, 0.717) is 11.4 Å². The van der Waals surface area contributed by atoms with Gasteiger partial charge in [0.2, 0.25) is 0 Å². The molecule has 0 saturated carbocycles. The smallest absolute Gasteiger partial charge is 0.314 e. The molecule has 1 heterocycles. The largest absolute Gasteiger partial charge is 0.495 e. The minimum atomic E-state index is -0.607. The number of anilines is 1. The monoisotopic (exact) mass is 304 g/mol. The van der Waals surface area contributed by atoms with E-state index in [2.05, 4.69) is 5.32 Å².